The Bertz CT molecular complexity index is 1040. The Morgan fingerprint density at radius 3 is 2.30 bits per heavy atom. The molecule has 0 aliphatic heterocycles. The van der Waals surface area contributed by atoms with E-state index in [9.17, 15) is 18.0 Å². The molecule has 0 bridgehead atoms. The van der Waals surface area contributed by atoms with Crippen LogP contribution in [-0.4, -0.2) is 31.6 Å². The molecule has 2 N–H and O–H groups in total. The first-order valence-electron chi connectivity index (χ1n) is 10.5. The highest BCUT2D eigenvalue weighted by Crippen LogP contribution is 2.33. The summed E-state index contributed by atoms with van der Waals surface area (Å²) in [5.74, 6) is 0.0283. The van der Waals surface area contributed by atoms with Crippen molar-refractivity contribution < 1.29 is 22.7 Å². The van der Waals surface area contributed by atoms with E-state index in [1.165, 1.54) is 19.2 Å². The van der Waals surface area contributed by atoms with Crippen molar-refractivity contribution in [1.29, 1.82) is 0 Å². The molecule has 1 amide bonds. The molecule has 8 heteroatoms. The van der Waals surface area contributed by atoms with E-state index in [1.54, 1.807) is 19.3 Å². The number of rotatable bonds is 9. The van der Waals surface area contributed by atoms with Crippen LogP contribution in [0.25, 0.3) is 0 Å². The van der Waals surface area contributed by atoms with Gasteiger partial charge in [0.1, 0.15) is 6.04 Å². The average Bonchev–Trinajstić information content (AvgIpc) is 2.84. The number of ether oxygens (including phenoxy) is 1. The zero-order chi connectivity index (χ0) is 23.8. The second kappa shape index (κ2) is 11.0. The maximum atomic E-state index is 13.0. The molecule has 3 rings (SSSR count). The summed E-state index contributed by atoms with van der Waals surface area (Å²) in [6.07, 6.45) is -2.25. The second-order valence-electron chi connectivity index (χ2n) is 7.50. The summed E-state index contributed by atoms with van der Waals surface area (Å²) in [5.41, 5.74) is 1.72. The lowest BCUT2D eigenvalue weighted by Crippen LogP contribution is -2.36. The van der Waals surface area contributed by atoms with Gasteiger partial charge in [-0.15, -0.1) is 0 Å². The smallest absolute Gasteiger partial charge is 0.416 e. The molecule has 0 saturated heterocycles. The Kier molecular flexibility index (Phi) is 8.06. The highest BCUT2D eigenvalue weighted by atomic mass is 19.4. The molecule has 0 aliphatic rings. The number of carbonyl (C=O) groups is 1. The third kappa shape index (κ3) is 6.32. The monoisotopic (exact) mass is 457 g/mol. The van der Waals surface area contributed by atoms with Crippen LogP contribution in [0.3, 0.4) is 0 Å². The van der Waals surface area contributed by atoms with Gasteiger partial charge in [0.05, 0.1) is 12.7 Å². The molecular weight excluding hydrogens is 431 g/mol. The Morgan fingerprint density at radius 2 is 1.70 bits per heavy atom. The molecule has 0 radical (unpaired) electrons. The molecule has 0 aliphatic carbocycles. The van der Waals surface area contributed by atoms with E-state index in [0.29, 0.717) is 18.8 Å². The van der Waals surface area contributed by atoms with Crippen molar-refractivity contribution in [2.24, 2.45) is 0 Å². The van der Waals surface area contributed by atoms with Crippen molar-refractivity contribution >= 4 is 5.91 Å². The van der Waals surface area contributed by atoms with Crippen LogP contribution in [0.15, 0.2) is 72.9 Å². The first-order valence-corrected chi connectivity index (χ1v) is 10.5. The van der Waals surface area contributed by atoms with Gasteiger partial charge in [0.15, 0.2) is 0 Å². The molecule has 1 aromatic heterocycles. The number of hydrogen-bond donors (Lipinski definition) is 2. The Balaban J connectivity index is 1.84. The van der Waals surface area contributed by atoms with E-state index < -0.39 is 17.8 Å². The maximum absolute atomic E-state index is 13.0. The number of nitrogens with one attached hydrogen (secondary N) is 2. The SMILES string of the molecule is CNC(=O)[C@H](NCC[C@H](c1ccc(C(F)(F)F)cc1)c1ccnc(OC)c1)c1ccccc1. The lowest BCUT2D eigenvalue weighted by atomic mass is 9.88. The van der Waals surface area contributed by atoms with Crippen LogP contribution in [0.2, 0.25) is 0 Å². The molecular formula is C25H26F3N3O2. The van der Waals surface area contributed by atoms with E-state index in [0.717, 1.165) is 28.8 Å². The normalized spacial score (nSPS) is 13.2. The van der Waals surface area contributed by atoms with Gasteiger partial charge in [0.2, 0.25) is 11.8 Å². The van der Waals surface area contributed by atoms with Crippen molar-refractivity contribution in [3.8, 4) is 5.88 Å². The summed E-state index contributed by atoms with van der Waals surface area (Å²) >= 11 is 0. The van der Waals surface area contributed by atoms with E-state index in [2.05, 4.69) is 15.6 Å². The fraction of sp³-hybridized carbons (Fsp3) is 0.280. The third-order valence-corrected chi connectivity index (χ3v) is 5.43. The molecule has 0 unspecified atom stereocenters. The van der Waals surface area contributed by atoms with Crippen molar-refractivity contribution in [1.82, 2.24) is 15.6 Å². The molecule has 1 heterocycles. The minimum absolute atomic E-state index is 0.169. The van der Waals surface area contributed by atoms with Crippen LogP contribution >= 0.6 is 0 Å². The van der Waals surface area contributed by atoms with Crippen molar-refractivity contribution in [3.05, 3.63) is 95.2 Å². The molecule has 0 fully saturated rings. The van der Waals surface area contributed by atoms with Crippen LogP contribution in [0.4, 0.5) is 13.2 Å². The summed E-state index contributed by atoms with van der Waals surface area (Å²) in [5, 5.41) is 5.95. The fourth-order valence-corrected chi connectivity index (χ4v) is 3.71. The number of alkyl halides is 3. The van der Waals surface area contributed by atoms with Gasteiger partial charge < -0.3 is 15.4 Å². The van der Waals surface area contributed by atoms with E-state index in [1.807, 2.05) is 36.4 Å². The van der Waals surface area contributed by atoms with Gasteiger partial charge in [0, 0.05) is 25.2 Å². The molecule has 3 aromatic rings. The number of likely N-dealkylation sites (N-methyl/N-ethyl adjacent to an activating group) is 1. The molecule has 2 atom stereocenters. The van der Waals surface area contributed by atoms with E-state index in [-0.39, 0.29) is 11.8 Å². The van der Waals surface area contributed by atoms with Crippen LogP contribution in [0.5, 0.6) is 5.88 Å². The third-order valence-electron chi connectivity index (χ3n) is 5.43. The standard InChI is InChI=1S/C25H26F3N3O2/c1-29-24(32)23(18-6-4-3-5-7-18)31-15-13-21(19-12-14-30-22(16-19)33-2)17-8-10-20(11-9-17)25(26,27)28/h3-12,14,16,21,23,31H,13,15H2,1-2H3,(H,29,32)/t21-,23-/m1/s1. The largest absolute Gasteiger partial charge is 0.481 e. The van der Waals surface area contributed by atoms with E-state index >= 15 is 0 Å². The van der Waals surface area contributed by atoms with Crippen LogP contribution in [0.1, 0.15) is 40.6 Å². The van der Waals surface area contributed by atoms with Gasteiger partial charge in [-0.2, -0.15) is 13.2 Å². The molecule has 0 saturated carbocycles. The average molecular weight is 457 g/mol. The van der Waals surface area contributed by atoms with Gasteiger partial charge in [0.25, 0.3) is 0 Å². The molecule has 0 spiro atoms. The molecule has 5 nitrogen and oxygen atoms in total. The first-order chi connectivity index (χ1) is 15.8. The van der Waals surface area contributed by atoms with Gasteiger partial charge in [-0.3, -0.25) is 4.79 Å². The van der Waals surface area contributed by atoms with Crippen LogP contribution in [0, 0.1) is 0 Å². The number of pyridine rings is 1. The van der Waals surface area contributed by atoms with Gasteiger partial charge in [-0.1, -0.05) is 42.5 Å². The highest BCUT2D eigenvalue weighted by molar-refractivity contribution is 5.82. The van der Waals surface area contributed by atoms with Gasteiger partial charge >= 0.3 is 6.18 Å². The van der Waals surface area contributed by atoms with Crippen LogP contribution < -0.4 is 15.4 Å². The Labute approximate surface area is 191 Å². The highest BCUT2D eigenvalue weighted by Gasteiger charge is 2.30. The number of halogens is 3. The van der Waals surface area contributed by atoms with Gasteiger partial charge in [-0.05, 0) is 47.9 Å². The lowest BCUT2D eigenvalue weighted by Gasteiger charge is -2.22. The number of benzene rings is 2. The summed E-state index contributed by atoms with van der Waals surface area (Å²) in [6.45, 7) is 0.448. The summed E-state index contributed by atoms with van der Waals surface area (Å²) < 4.78 is 44.3. The first kappa shape index (κ1) is 24.3. The minimum atomic E-state index is -4.40. The van der Waals surface area contributed by atoms with Crippen molar-refractivity contribution in [3.63, 3.8) is 0 Å². The van der Waals surface area contributed by atoms with Crippen molar-refractivity contribution in [2.45, 2.75) is 24.6 Å². The number of aromatic nitrogens is 1. The fourth-order valence-electron chi connectivity index (χ4n) is 3.71. The predicted molar refractivity (Wildman–Crippen MR) is 120 cm³/mol. The number of hydrogen-bond acceptors (Lipinski definition) is 4. The Morgan fingerprint density at radius 1 is 1.00 bits per heavy atom. The topological polar surface area (TPSA) is 63.2 Å². The summed E-state index contributed by atoms with van der Waals surface area (Å²) in [7, 11) is 3.09. The number of methoxy groups -OCH3 is 1. The summed E-state index contributed by atoms with van der Waals surface area (Å²) in [4.78, 5) is 16.6. The maximum Gasteiger partial charge on any atom is 0.416 e. The lowest BCUT2D eigenvalue weighted by molar-refractivity contribution is -0.137. The quantitative estimate of drug-likeness (QED) is 0.489. The van der Waals surface area contributed by atoms with Crippen molar-refractivity contribution in [2.75, 3.05) is 20.7 Å². The number of amides is 1. The Hall–Kier alpha value is -3.39. The zero-order valence-electron chi connectivity index (χ0n) is 18.4. The van der Waals surface area contributed by atoms with E-state index in [4.69, 9.17) is 4.74 Å². The molecule has 2 aromatic carbocycles. The number of nitrogens with zero attached hydrogens (tertiary/aromatic N) is 1. The zero-order valence-corrected chi connectivity index (χ0v) is 18.4. The molecule has 33 heavy (non-hydrogen) atoms. The minimum Gasteiger partial charge on any atom is -0.481 e. The van der Waals surface area contributed by atoms with Crippen LogP contribution in [-0.2, 0) is 11.0 Å². The van der Waals surface area contributed by atoms with Gasteiger partial charge in [-0.25, -0.2) is 4.98 Å². The second-order valence-corrected chi connectivity index (χ2v) is 7.50. The number of carbonyl (C=O) groups excluding carboxylic acids is 1. The molecule has 174 valence electrons. The summed E-state index contributed by atoms with van der Waals surface area (Å²) in [6, 6.07) is 17.6. The predicted octanol–water partition coefficient (Wildman–Crippen LogP) is 4.71.